The Morgan fingerprint density at radius 2 is 1.00 bits per heavy atom. The van der Waals surface area contributed by atoms with Crippen LogP contribution in [0.15, 0.2) is 0 Å². The molecule has 1 heterocycles. The van der Waals surface area contributed by atoms with Gasteiger partial charge in [-0.15, -0.1) is 0 Å². The zero-order valence-corrected chi connectivity index (χ0v) is 11.9. The topological polar surface area (TPSA) is 0 Å². The molecule has 0 aromatic rings. The van der Waals surface area contributed by atoms with E-state index in [1.54, 1.807) is 12.3 Å². The zero-order chi connectivity index (χ0) is 11.0. The minimum absolute atomic E-state index is 0.561. The molecule has 0 unspecified atom stereocenters. The quantitative estimate of drug-likeness (QED) is 0.510. The molecule has 1 fully saturated rings. The molecule has 0 aromatic heterocycles. The highest BCUT2D eigenvalue weighted by Crippen LogP contribution is 2.78. The molecule has 0 spiro atoms. The van der Waals surface area contributed by atoms with E-state index in [0.29, 0.717) is 10.3 Å². The van der Waals surface area contributed by atoms with Gasteiger partial charge in [0.25, 0.3) is 0 Å². The third kappa shape index (κ3) is 2.01. The fourth-order valence-corrected chi connectivity index (χ4v) is 9.85. The van der Waals surface area contributed by atoms with Crippen LogP contribution >= 0.6 is 7.26 Å². The van der Waals surface area contributed by atoms with Crippen LogP contribution in [0.1, 0.15) is 60.8 Å². The molecule has 1 aliphatic heterocycles. The molecule has 0 amide bonds. The molecule has 14 heavy (non-hydrogen) atoms. The SMILES string of the molecule is CC(C)(C)[P+]1(C(C)(C)C)CCCCC1. The molecule has 0 aliphatic carbocycles. The molecule has 0 aromatic carbocycles. The fraction of sp³-hybridized carbons (Fsp3) is 1.00. The van der Waals surface area contributed by atoms with E-state index in [4.69, 9.17) is 0 Å². The van der Waals surface area contributed by atoms with Gasteiger partial charge in [-0.2, -0.15) is 0 Å². The molecule has 1 saturated heterocycles. The fourth-order valence-electron chi connectivity index (χ4n) is 3.40. The van der Waals surface area contributed by atoms with Crippen molar-refractivity contribution >= 4 is 7.26 Å². The predicted molar refractivity (Wildman–Crippen MR) is 70.0 cm³/mol. The monoisotopic (exact) mass is 215 g/mol. The zero-order valence-electron chi connectivity index (χ0n) is 11.0. The van der Waals surface area contributed by atoms with E-state index in [9.17, 15) is 0 Å². The standard InChI is InChI=1S/C13H28P/c1-12(2,3)14(13(4,5)6)10-8-7-9-11-14/h7-11H2,1-6H3/q+1. The number of rotatable bonds is 0. The van der Waals surface area contributed by atoms with Gasteiger partial charge < -0.3 is 0 Å². The van der Waals surface area contributed by atoms with Crippen LogP contribution in [0.2, 0.25) is 0 Å². The van der Waals surface area contributed by atoms with Crippen LogP contribution < -0.4 is 0 Å². The molecular formula is C13H28P+. The van der Waals surface area contributed by atoms with Crippen molar-refractivity contribution in [1.82, 2.24) is 0 Å². The lowest BCUT2D eigenvalue weighted by molar-refractivity contribution is 0.632. The average molecular weight is 215 g/mol. The van der Waals surface area contributed by atoms with E-state index in [-0.39, 0.29) is 0 Å². The van der Waals surface area contributed by atoms with Crippen molar-refractivity contribution < 1.29 is 0 Å². The van der Waals surface area contributed by atoms with Crippen molar-refractivity contribution in [1.29, 1.82) is 0 Å². The van der Waals surface area contributed by atoms with Crippen LogP contribution in [0.5, 0.6) is 0 Å². The van der Waals surface area contributed by atoms with Gasteiger partial charge in [0.1, 0.15) is 0 Å². The first-order valence-electron chi connectivity index (χ1n) is 6.08. The molecule has 0 radical (unpaired) electrons. The molecule has 1 rings (SSSR count). The molecule has 1 heteroatoms. The largest absolute Gasteiger partial charge is 0.0720 e. The number of hydrogen-bond donors (Lipinski definition) is 0. The third-order valence-electron chi connectivity index (χ3n) is 4.15. The second kappa shape index (κ2) is 3.78. The van der Waals surface area contributed by atoms with Gasteiger partial charge in [-0.1, -0.05) is 0 Å². The van der Waals surface area contributed by atoms with Crippen molar-refractivity contribution in [2.45, 2.75) is 71.1 Å². The van der Waals surface area contributed by atoms with E-state index < -0.39 is 7.26 Å². The van der Waals surface area contributed by atoms with Gasteiger partial charge in [0.2, 0.25) is 0 Å². The average Bonchev–Trinajstić information content (AvgIpc) is 2.02. The summed E-state index contributed by atoms with van der Waals surface area (Å²) in [6.45, 7) is 14.9. The number of hydrogen-bond acceptors (Lipinski definition) is 0. The highest BCUT2D eigenvalue weighted by molar-refractivity contribution is 7.78. The van der Waals surface area contributed by atoms with Gasteiger partial charge in [0.05, 0.1) is 22.6 Å². The molecular weight excluding hydrogens is 187 g/mol. The van der Waals surface area contributed by atoms with E-state index in [1.807, 2.05) is 0 Å². The van der Waals surface area contributed by atoms with Crippen LogP contribution in [0, 0.1) is 0 Å². The predicted octanol–water partition coefficient (Wildman–Crippen LogP) is 4.78. The summed E-state index contributed by atoms with van der Waals surface area (Å²) in [7, 11) is -0.758. The smallest absolute Gasteiger partial charge is 0.0464 e. The van der Waals surface area contributed by atoms with Gasteiger partial charge in [0.15, 0.2) is 0 Å². The molecule has 0 bridgehead atoms. The third-order valence-corrected chi connectivity index (χ3v) is 11.4. The van der Waals surface area contributed by atoms with Crippen LogP contribution in [0.25, 0.3) is 0 Å². The summed E-state index contributed by atoms with van der Waals surface area (Å²) in [6, 6.07) is 0. The first-order chi connectivity index (χ1) is 6.21. The maximum absolute atomic E-state index is 2.48. The highest BCUT2D eigenvalue weighted by atomic mass is 31.2. The lowest BCUT2D eigenvalue weighted by atomic mass is 10.2. The van der Waals surface area contributed by atoms with Crippen LogP contribution in [-0.4, -0.2) is 22.6 Å². The Morgan fingerprint density at radius 3 is 1.21 bits per heavy atom. The first-order valence-corrected chi connectivity index (χ1v) is 8.24. The second-order valence-electron chi connectivity index (χ2n) is 6.82. The van der Waals surface area contributed by atoms with E-state index in [2.05, 4.69) is 41.5 Å². The van der Waals surface area contributed by atoms with Gasteiger partial charge in [-0.25, -0.2) is 0 Å². The Balaban J connectivity index is 3.01. The van der Waals surface area contributed by atoms with Crippen LogP contribution in [0.3, 0.4) is 0 Å². The minimum atomic E-state index is -0.758. The van der Waals surface area contributed by atoms with Gasteiger partial charge in [0, 0.05) is 7.26 Å². The lowest BCUT2D eigenvalue weighted by Gasteiger charge is -2.49. The van der Waals surface area contributed by atoms with Crippen molar-refractivity contribution in [3.05, 3.63) is 0 Å². The second-order valence-corrected chi connectivity index (χ2v) is 12.3. The molecule has 0 atom stereocenters. The van der Waals surface area contributed by atoms with E-state index in [1.165, 1.54) is 19.3 Å². The van der Waals surface area contributed by atoms with E-state index >= 15 is 0 Å². The Morgan fingerprint density at radius 1 is 0.643 bits per heavy atom. The Labute approximate surface area is 91.2 Å². The minimum Gasteiger partial charge on any atom is -0.0464 e. The van der Waals surface area contributed by atoms with Crippen LogP contribution in [-0.2, 0) is 0 Å². The summed E-state index contributed by atoms with van der Waals surface area (Å²) >= 11 is 0. The molecule has 0 nitrogen and oxygen atoms in total. The summed E-state index contributed by atoms with van der Waals surface area (Å²) in [5.41, 5.74) is 0. The molecule has 84 valence electrons. The summed E-state index contributed by atoms with van der Waals surface area (Å²) < 4.78 is 0. The normalized spacial score (nSPS) is 23.6. The van der Waals surface area contributed by atoms with Gasteiger partial charge in [-0.05, 0) is 60.8 Å². The van der Waals surface area contributed by atoms with Crippen molar-refractivity contribution in [2.24, 2.45) is 0 Å². The van der Waals surface area contributed by atoms with Crippen molar-refractivity contribution in [2.75, 3.05) is 12.3 Å². The van der Waals surface area contributed by atoms with Gasteiger partial charge >= 0.3 is 0 Å². The van der Waals surface area contributed by atoms with Gasteiger partial charge in [-0.3, -0.25) is 0 Å². The molecule has 1 aliphatic rings. The lowest BCUT2D eigenvalue weighted by Crippen LogP contribution is -2.39. The Bertz CT molecular complexity index is 170. The maximum Gasteiger partial charge on any atom is 0.0720 e. The Kier molecular flexibility index (Phi) is 3.37. The summed E-state index contributed by atoms with van der Waals surface area (Å²) in [5, 5.41) is 1.12. The van der Waals surface area contributed by atoms with Crippen LogP contribution in [0.4, 0.5) is 0 Å². The molecule has 0 N–H and O–H groups in total. The maximum atomic E-state index is 2.48. The van der Waals surface area contributed by atoms with E-state index in [0.717, 1.165) is 0 Å². The van der Waals surface area contributed by atoms with Crippen molar-refractivity contribution in [3.63, 3.8) is 0 Å². The highest BCUT2D eigenvalue weighted by Gasteiger charge is 2.57. The summed E-state index contributed by atoms with van der Waals surface area (Å²) in [5.74, 6) is 0. The summed E-state index contributed by atoms with van der Waals surface area (Å²) in [4.78, 5) is 0. The summed E-state index contributed by atoms with van der Waals surface area (Å²) in [6.07, 6.45) is 7.54. The first kappa shape index (κ1) is 12.5. The Hall–Kier alpha value is 0.430. The van der Waals surface area contributed by atoms with Crippen molar-refractivity contribution in [3.8, 4) is 0 Å². The molecule has 0 saturated carbocycles.